The third-order valence-electron chi connectivity index (χ3n) is 4.80. The Morgan fingerprint density at radius 2 is 1.30 bits per heavy atom. The second-order valence-electron chi connectivity index (χ2n) is 7.27. The van der Waals surface area contributed by atoms with Gasteiger partial charge in [-0.15, -0.1) is 10.2 Å². The maximum absolute atomic E-state index is 5.94. The van der Waals surface area contributed by atoms with Gasteiger partial charge in [-0.3, -0.25) is 0 Å². The normalized spacial score (nSPS) is 12.2. The highest BCUT2D eigenvalue weighted by molar-refractivity contribution is 6.67. The first kappa shape index (κ1) is 27.7. The molecule has 0 bridgehead atoms. The van der Waals surface area contributed by atoms with Gasteiger partial charge in [0.1, 0.15) is 0 Å². The Morgan fingerprint density at radius 3 is 1.86 bits per heavy atom. The predicted octanol–water partition coefficient (Wildman–Crippen LogP) is 7.43. The highest BCUT2D eigenvalue weighted by atomic mass is 35.6. The summed E-state index contributed by atoms with van der Waals surface area (Å²) in [6, 6.07) is 12.4. The fraction of sp³-hybridized carbons (Fsp3) is 0.174. The second kappa shape index (κ2) is 11.2. The highest BCUT2D eigenvalue weighted by Crippen LogP contribution is 2.41. The van der Waals surface area contributed by atoms with Crippen LogP contribution in [0.3, 0.4) is 0 Å². The lowest BCUT2D eigenvalue weighted by Gasteiger charge is -2.15. The van der Waals surface area contributed by atoms with E-state index < -0.39 is 7.59 Å². The molecule has 37 heavy (non-hydrogen) atoms. The molecule has 0 unspecified atom stereocenters. The molecule has 0 aliphatic carbocycles. The third-order valence-corrected chi connectivity index (χ3v) is 5.81. The van der Waals surface area contributed by atoms with Crippen molar-refractivity contribution in [3.63, 3.8) is 0 Å². The molecule has 0 amide bonds. The Kier molecular flexibility index (Phi) is 8.38. The van der Waals surface area contributed by atoms with E-state index in [-0.39, 0.29) is 17.5 Å². The van der Waals surface area contributed by atoms with Crippen LogP contribution in [-0.4, -0.2) is 39.4 Å². The van der Waals surface area contributed by atoms with Crippen LogP contribution >= 0.6 is 69.6 Å². The first-order valence-corrected chi connectivity index (χ1v) is 12.5. The average Bonchev–Trinajstić information content (AvgIpc) is 3.35. The quantitative estimate of drug-likeness (QED) is 0.205. The summed E-state index contributed by atoms with van der Waals surface area (Å²) < 4.78 is 12.4. The smallest absolute Gasteiger partial charge is 0.250 e. The van der Waals surface area contributed by atoms with Crippen molar-refractivity contribution in [2.75, 3.05) is 14.2 Å². The van der Waals surface area contributed by atoms with Gasteiger partial charge in [-0.25, -0.2) is 15.0 Å². The van der Waals surface area contributed by atoms with E-state index in [1.165, 1.54) is 0 Å². The van der Waals surface area contributed by atoms with Crippen molar-refractivity contribution in [2.45, 2.75) is 7.59 Å². The van der Waals surface area contributed by atoms with Gasteiger partial charge in [0.05, 0.1) is 14.2 Å². The molecule has 0 aliphatic rings. The number of hydrogen-bond donors (Lipinski definition) is 0. The van der Waals surface area contributed by atoms with Crippen molar-refractivity contribution in [1.82, 2.24) is 25.1 Å². The van der Waals surface area contributed by atoms with Gasteiger partial charge < -0.3 is 13.9 Å². The van der Waals surface area contributed by atoms with Crippen molar-refractivity contribution in [3.8, 4) is 34.3 Å². The number of nitrogens with zero attached hydrogens (tertiary/aromatic N) is 5. The molecule has 4 aromatic rings. The maximum Gasteiger partial charge on any atom is 0.250 e. The molecule has 0 radical (unpaired) electrons. The summed E-state index contributed by atoms with van der Waals surface area (Å²) in [5.41, 5.74) is 2.06. The van der Waals surface area contributed by atoms with E-state index in [4.69, 9.17) is 83.5 Å². The number of halogens is 6. The predicted molar refractivity (Wildman–Crippen MR) is 146 cm³/mol. The molecule has 0 aliphatic heterocycles. The van der Waals surface area contributed by atoms with E-state index in [0.29, 0.717) is 34.4 Å². The molecule has 0 fully saturated rings. The van der Waals surface area contributed by atoms with Crippen LogP contribution in [0.1, 0.15) is 23.1 Å². The first-order chi connectivity index (χ1) is 17.5. The minimum atomic E-state index is -1.95. The molecule has 8 nitrogen and oxygen atoms in total. The van der Waals surface area contributed by atoms with Crippen LogP contribution in [0.25, 0.3) is 35.0 Å². The molecule has 14 heteroatoms. The first-order valence-electron chi connectivity index (χ1n) is 10.2. The maximum atomic E-state index is 5.94. The van der Waals surface area contributed by atoms with Crippen LogP contribution in [0.5, 0.6) is 11.5 Å². The van der Waals surface area contributed by atoms with Crippen molar-refractivity contribution in [3.05, 3.63) is 65.6 Å². The molecule has 4 rings (SSSR count). The molecule has 192 valence electrons. The Morgan fingerprint density at radius 1 is 0.703 bits per heavy atom. The average molecular weight is 622 g/mol. The van der Waals surface area contributed by atoms with Gasteiger partial charge >= 0.3 is 0 Å². The molecular formula is C23H15Cl6N5O3. The Bertz CT molecular complexity index is 1400. The minimum Gasteiger partial charge on any atom is -0.493 e. The fourth-order valence-electron chi connectivity index (χ4n) is 3.06. The molecule has 2 aromatic carbocycles. The number of ether oxygens (including phenoxy) is 2. The summed E-state index contributed by atoms with van der Waals surface area (Å²) in [6.07, 6.45) is 3.50. The van der Waals surface area contributed by atoms with E-state index in [1.807, 2.05) is 18.2 Å². The molecular weight excluding hydrogens is 607 g/mol. The summed E-state index contributed by atoms with van der Waals surface area (Å²) in [7, 11) is 3.15. The molecule has 2 heterocycles. The van der Waals surface area contributed by atoms with Crippen LogP contribution in [0.4, 0.5) is 0 Å². The van der Waals surface area contributed by atoms with Crippen LogP contribution in [-0.2, 0) is 7.59 Å². The Hall–Kier alpha value is -2.33. The number of methoxy groups -OCH3 is 2. The third kappa shape index (κ3) is 6.76. The van der Waals surface area contributed by atoms with Gasteiger partial charge in [-0.1, -0.05) is 87.8 Å². The number of hydrogen-bond acceptors (Lipinski definition) is 8. The van der Waals surface area contributed by atoms with Gasteiger partial charge in [0, 0.05) is 17.2 Å². The summed E-state index contributed by atoms with van der Waals surface area (Å²) >= 11 is 35.7. The van der Waals surface area contributed by atoms with Crippen LogP contribution in [0.15, 0.2) is 46.9 Å². The molecule has 0 saturated heterocycles. The van der Waals surface area contributed by atoms with E-state index in [0.717, 1.165) is 5.56 Å². The van der Waals surface area contributed by atoms with Crippen molar-refractivity contribution in [1.29, 1.82) is 0 Å². The lowest BCUT2D eigenvalue weighted by molar-refractivity contribution is 0.355. The van der Waals surface area contributed by atoms with Crippen molar-refractivity contribution in [2.24, 2.45) is 0 Å². The zero-order valence-corrected chi connectivity index (χ0v) is 23.5. The largest absolute Gasteiger partial charge is 0.493 e. The van der Waals surface area contributed by atoms with Crippen LogP contribution in [0, 0.1) is 0 Å². The molecule has 0 N–H and O–H groups in total. The topological polar surface area (TPSA) is 96.1 Å². The summed E-state index contributed by atoms with van der Waals surface area (Å²) in [4.78, 5) is 12.4. The van der Waals surface area contributed by atoms with Crippen LogP contribution < -0.4 is 9.47 Å². The molecule has 2 aromatic heterocycles. The van der Waals surface area contributed by atoms with Gasteiger partial charge in [0.15, 0.2) is 29.0 Å². The molecule has 0 atom stereocenters. The number of alkyl halides is 6. The second-order valence-corrected chi connectivity index (χ2v) is 11.8. The number of aromatic nitrogens is 5. The van der Waals surface area contributed by atoms with Gasteiger partial charge in [0.2, 0.25) is 19.4 Å². The van der Waals surface area contributed by atoms with Gasteiger partial charge in [-0.05, 0) is 35.9 Å². The molecule has 0 spiro atoms. The fourth-order valence-corrected chi connectivity index (χ4v) is 3.57. The monoisotopic (exact) mass is 619 g/mol. The number of benzene rings is 2. The SMILES string of the molecule is COc1ccc(C=Cc2nnc(-c3ccc(-c4nc(C(Cl)(Cl)Cl)nc(C(Cl)(Cl)Cl)n4)cc3)o2)cc1OC. The summed E-state index contributed by atoms with van der Waals surface area (Å²) in [5, 5.41) is 8.16. The Balaban J connectivity index is 1.57. The lowest BCUT2D eigenvalue weighted by atomic mass is 10.1. The van der Waals surface area contributed by atoms with Crippen molar-refractivity contribution < 1.29 is 13.9 Å². The van der Waals surface area contributed by atoms with E-state index in [9.17, 15) is 0 Å². The zero-order valence-electron chi connectivity index (χ0n) is 18.9. The van der Waals surface area contributed by atoms with Gasteiger partial charge in [0.25, 0.3) is 0 Å². The lowest BCUT2D eigenvalue weighted by Crippen LogP contribution is -2.16. The van der Waals surface area contributed by atoms with E-state index >= 15 is 0 Å². The molecule has 0 saturated carbocycles. The number of rotatable bonds is 6. The van der Waals surface area contributed by atoms with E-state index in [2.05, 4.69) is 25.1 Å². The zero-order chi connectivity index (χ0) is 26.8. The van der Waals surface area contributed by atoms with Crippen LogP contribution in [0.2, 0.25) is 0 Å². The van der Waals surface area contributed by atoms with E-state index in [1.54, 1.807) is 50.6 Å². The van der Waals surface area contributed by atoms with Crippen molar-refractivity contribution >= 4 is 81.8 Å². The van der Waals surface area contributed by atoms with Gasteiger partial charge in [-0.2, -0.15) is 0 Å². The Labute approximate surface area is 241 Å². The summed E-state index contributed by atoms with van der Waals surface area (Å²) in [6.45, 7) is 0. The minimum absolute atomic E-state index is 0.147. The summed E-state index contributed by atoms with van der Waals surface area (Å²) in [5.74, 6) is 1.63. The highest BCUT2D eigenvalue weighted by Gasteiger charge is 2.34. The standard InChI is InChI=1S/C23H15Cl6N5O3/c1-35-15-9-3-12(11-16(15)36-2)4-10-17-33-34-19(37-17)14-7-5-13(6-8-14)18-30-20(22(24,25)26)32-21(31-18)23(27,28)29/h3-11H,1-2H3.